The predicted molar refractivity (Wildman–Crippen MR) is 114 cm³/mol. The van der Waals surface area contributed by atoms with Crippen LogP contribution in [-0.2, 0) is 0 Å². The van der Waals surface area contributed by atoms with Crippen molar-refractivity contribution in [2.75, 3.05) is 31.1 Å². The molecule has 30 heavy (non-hydrogen) atoms. The first-order valence-corrected chi connectivity index (χ1v) is 10.1. The second kappa shape index (κ2) is 8.67. The summed E-state index contributed by atoms with van der Waals surface area (Å²) in [6, 6.07) is 16.5. The van der Waals surface area contributed by atoms with E-state index in [2.05, 4.69) is 10.00 Å². The molecule has 0 aliphatic carbocycles. The molecule has 8 heteroatoms. The van der Waals surface area contributed by atoms with Crippen LogP contribution in [0.25, 0.3) is 5.69 Å². The van der Waals surface area contributed by atoms with Gasteiger partial charge in [0, 0.05) is 37.8 Å². The molecule has 1 aliphatic rings. The van der Waals surface area contributed by atoms with Gasteiger partial charge in [0.2, 0.25) is 0 Å². The fourth-order valence-electron chi connectivity index (χ4n) is 3.49. The second-order valence-electron chi connectivity index (χ2n) is 7.04. The van der Waals surface area contributed by atoms with Gasteiger partial charge < -0.3 is 9.80 Å². The van der Waals surface area contributed by atoms with Crippen LogP contribution in [-0.4, -0.2) is 46.8 Å². The van der Waals surface area contributed by atoms with Gasteiger partial charge in [-0.25, -0.2) is 4.39 Å². The Morgan fingerprint density at radius 2 is 1.77 bits per heavy atom. The molecular weight excluding hydrogens is 407 g/mol. The number of rotatable bonds is 3. The van der Waals surface area contributed by atoms with Crippen molar-refractivity contribution in [1.29, 1.82) is 0 Å². The van der Waals surface area contributed by atoms with Crippen molar-refractivity contribution in [3.63, 3.8) is 0 Å². The molecular formula is C22H20ClFN4O2. The van der Waals surface area contributed by atoms with E-state index in [1.807, 2.05) is 30.3 Å². The summed E-state index contributed by atoms with van der Waals surface area (Å²) in [5.41, 5.74) is 0.861. The van der Waals surface area contributed by atoms with Crippen LogP contribution >= 0.6 is 11.6 Å². The SMILES string of the molecule is O=C(c1ccc(F)c(Cl)c1)N1CCCN(c2ccc(=O)n(-c3ccccc3)n2)CC1. The molecule has 1 amide bonds. The first-order valence-electron chi connectivity index (χ1n) is 9.68. The van der Waals surface area contributed by atoms with Gasteiger partial charge in [-0.1, -0.05) is 29.8 Å². The van der Waals surface area contributed by atoms with Gasteiger partial charge in [-0.3, -0.25) is 9.59 Å². The minimum absolute atomic E-state index is 0.0651. The van der Waals surface area contributed by atoms with Crippen LogP contribution in [0.2, 0.25) is 5.02 Å². The Morgan fingerprint density at radius 3 is 2.53 bits per heavy atom. The zero-order valence-corrected chi connectivity index (χ0v) is 16.9. The Kier molecular flexibility index (Phi) is 5.81. The zero-order chi connectivity index (χ0) is 21.1. The smallest absolute Gasteiger partial charge is 0.271 e. The minimum atomic E-state index is -0.546. The van der Waals surface area contributed by atoms with Crippen molar-refractivity contribution in [3.8, 4) is 5.69 Å². The molecule has 1 aromatic heterocycles. The van der Waals surface area contributed by atoms with Crippen LogP contribution in [0.3, 0.4) is 0 Å². The summed E-state index contributed by atoms with van der Waals surface area (Å²) in [6.07, 6.45) is 0.743. The molecule has 4 rings (SSSR count). The van der Waals surface area contributed by atoms with Crippen LogP contribution in [0.1, 0.15) is 16.8 Å². The summed E-state index contributed by atoms with van der Waals surface area (Å²) in [5.74, 6) is -0.0478. The van der Waals surface area contributed by atoms with Gasteiger partial charge in [0.25, 0.3) is 11.5 Å². The van der Waals surface area contributed by atoms with E-state index in [1.165, 1.54) is 28.9 Å². The molecule has 1 fully saturated rings. The van der Waals surface area contributed by atoms with Crippen molar-refractivity contribution < 1.29 is 9.18 Å². The zero-order valence-electron chi connectivity index (χ0n) is 16.2. The maximum atomic E-state index is 13.4. The van der Waals surface area contributed by atoms with Gasteiger partial charge in [-0.05, 0) is 42.8 Å². The molecule has 6 nitrogen and oxygen atoms in total. The van der Waals surface area contributed by atoms with Crippen LogP contribution < -0.4 is 10.5 Å². The molecule has 0 saturated carbocycles. The number of hydrogen-bond donors (Lipinski definition) is 0. The highest BCUT2D eigenvalue weighted by molar-refractivity contribution is 6.31. The average Bonchev–Trinajstić information content (AvgIpc) is 3.02. The van der Waals surface area contributed by atoms with Crippen molar-refractivity contribution in [1.82, 2.24) is 14.7 Å². The number of carbonyl (C=O) groups is 1. The number of benzene rings is 2. The molecule has 0 atom stereocenters. The van der Waals surface area contributed by atoms with E-state index in [9.17, 15) is 14.0 Å². The summed E-state index contributed by atoms with van der Waals surface area (Å²) in [5, 5.41) is 4.46. The van der Waals surface area contributed by atoms with E-state index in [0.717, 1.165) is 6.42 Å². The van der Waals surface area contributed by atoms with Gasteiger partial charge in [-0.15, -0.1) is 5.10 Å². The Balaban J connectivity index is 1.51. The molecule has 0 spiro atoms. The van der Waals surface area contributed by atoms with Gasteiger partial charge in [-0.2, -0.15) is 4.68 Å². The van der Waals surface area contributed by atoms with Crippen LogP contribution in [0.4, 0.5) is 10.2 Å². The average molecular weight is 427 g/mol. The Bertz CT molecular complexity index is 1120. The number of halogens is 2. The normalized spacial score (nSPS) is 14.5. The Hall–Kier alpha value is -3.19. The number of aromatic nitrogens is 2. The summed E-state index contributed by atoms with van der Waals surface area (Å²) in [4.78, 5) is 28.9. The lowest BCUT2D eigenvalue weighted by Crippen LogP contribution is -2.36. The maximum Gasteiger partial charge on any atom is 0.271 e. The van der Waals surface area contributed by atoms with E-state index in [1.54, 1.807) is 11.0 Å². The lowest BCUT2D eigenvalue weighted by molar-refractivity contribution is 0.0767. The molecule has 0 N–H and O–H groups in total. The lowest BCUT2D eigenvalue weighted by atomic mass is 10.2. The fraction of sp³-hybridized carbons (Fsp3) is 0.227. The molecule has 1 aliphatic heterocycles. The summed E-state index contributed by atoms with van der Waals surface area (Å²) >= 11 is 5.82. The van der Waals surface area contributed by atoms with E-state index in [-0.39, 0.29) is 16.5 Å². The summed E-state index contributed by atoms with van der Waals surface area (Å²) in [6.45, 7) is 2.33. The second-order valence-corrected chi connectivity index (χ2v) is 7.45. The number of amides is 1. The summed E-state index contributed by atoms with van der Waals surface area (Å²) < 4.78 is 14.8. The fourth-order valence-corrected chi connectivity index (χ4v) is 3.67. The highest BCUT2D eigenvalue weighted by atomic mass is 35.5. The number of nitrogens with zero attached hydrogens (tertiary/aromatic N) is 4. The number of hydrogen-bond acceptors (Lipinski definition) is 4. The first-order chi connectivity index (χ1) is 14.5. The van der Waals surface area contributed by atoms with Crippen molar-refractivity contribution in [2.24, 2.45) is 0 Å². The van der Waals surface area contributed by atoms with Crippen molar-refractivity contribution in [3.05, 3.63) is 87.4 Å². The van der Waals surface area contributed by atoms with Gasteiger partial charge >= 0.3 is 0 Å². The maximum absolute atomic E-state index is 13.4. The van der Waals surface area contributed by atoms with E-state index in [0.29, 0.717) is 43.2 Å². The third kappa shape index (κ3) is 4.21. The number of para-hydroxylation sites is 1. The topological polar surface area (TPSA) is 58.4 Å². The third-order valence-electron chi connectivity index (χ3n) is 5.06. The molecule has 3 aromatic rings. The van der Waals surface area contributed by atoms with E-state index < -0.39 is 5.82 Å². The quantitative estimate of drug-likeness (QED) is 0.644. The van der Waals surface area contributed by atoms with E-state index >= 15 is 0 Å². The minimum Gasteiger partial charge on any atom is -0.353 e. The molecule has 0 unspecified atom stereocenters. The highest BCUT2D eigenvalue weighted by Gasteiger charge is 2.22. The molecule has 2 aromatic carbocycles. The standard InChI is InChI=1S/C22H20ClFN4O2/c23-18-15-16(7-8-19(18)24)22(30)27-12-4-11-26(13-14-27)20-9-10-21(29)28(25-20)17-5-2-1-3-6-17/h1-3,5-10,15H,4,11-14H2. The summed E-state index contributed by atoms with van der Waals surface area (Å²) in [7, 11) is 0. The molecule has 1 saturated heterocycles. The first kappa shape index (κ1) is 20.1. The third-order valence-corrected chi connectivity index (χ3v) is 5.35. The molecule has 2 heterocycles. The number of anilines is 1. The van der Waals surface area contributed by atoms with E-state index in [4.69, 9.17) is 11.6 Å². The van der Waals surface area contributed by atoms with Gasteiger partial charge in [0.1, 0.15) is 11.6 Å². The van der Waals surface area contributed by atoms with Crippen LogP contribution in [0.5, 0.6) is 0 Å². The molecule has 0 bridgehead atoms. The largest absolute Gasteiger partial charge is 0.353 e. The molecule has 0 radical (unpaired) electrons. The van der Waals surface area contributed by atoms with Crippen LogP contribution in [0, 0.1) is 5.82 Å². The lowest BCUT2D eigenvalue weighted by Gasteiger charge is -2.23. The van der Waals surface area contributed by atoms with Crippen molar-refractivity contribution in [2.45, 2.75) is 6.42 Å². The highest BCUT2D eigenvalue weighted by Crippen LogP contribution is 2.19. The van der Waals surface area contributed by atoms with Gasteiger partial charge in [0.15, 0.2) is 0 Å². The number of carbonyl (C=O) groups excluding carboxylic acids is 1. The Morgan fingerprint density at radius 1 is 0.967 bits per heavy atom. The Labute approximate surface area is 178 Å². The van der Waals surface area contributed by atoms with Crippen LogP contribution in [0.15, 0.2) is 65.5 Å². The molecule has 154 valence electrons. The predicted octanol–water partition coefficient (Wildman–Crippen LogP) is 3.38. The van der Waals surface area contributed by atoms with Gasteiger partial charge in [0.05, 0.1) is 10.7 Å². The monoisotopic (exact) mass is 426 g/mol. The van der Waals surface area contributed by atoms with Crippen molar-refractivity contribution >= 4 is 23.3 Å².